The van der Waals surface area contributed by atoms with Gasteiger partial charge in [-0.15, -0.1) is 0 Å². The molecule has 35 heavy (non-hydrogen) atoms. The Balaban J connectivity index is 1.85. The molecule has 0 fully saturated rings. The highest BCUT2D eigenvalue weighted by Gasteiger charge is 2.29. The Hall–Kier alpha value is -2.28. The fourth-order valence-corrected chi connectivity index (χ4v) is 4.67. The van der Waals surface area contributed by atoms with Crippen molar-refractivity contribution < 1.29 is 14.3 Å². The van der Waals surface area contributed by atoms with Gasteiger partial charge in [0.05, 0.1) is 14.5 Å². The van der Waals surface area contributed by atoms with Crippen molar-refractivity contribution in [3.05, 3.63) is 74.7 Å². The van der Waals surface area contributed by atoms with Gasteiger partial charge in [0.25, 0.3) is 5.91 Å². The Kier molecular flexibility index (Phi) is 9.84. The van der Waals surface area contributed by atoms with Gasteiger partial charge in [0.15, 0.2) is 6.61 Å². The summed E-state index contributed by atoms with van der Waals surface area (Å²) < 4.78 is 6.71. The summed E-state index contributed by atoms with van der Waals surface area (Å²) in [6.45, 7) is 5.81. The lowest BCUT2D eigenvalue weighted by atomic mass is 10.1. The molecule has 3 rings (SSSR count). The van der Waals surface area contributed by atoms with E-state index in [-0.39, 0.29) is 31.0 Å². The first-order valence-corrected chi connectivity index (χ1v) is 13.1. The van der Waals surface area contributed by atoms with Crippen molar-refractivity contribution in [2.75, 3.05) is 6.61 Å². The van der Waals surface area contributed by atoms with Crippen LogP contribution in [-0.4, -0.2) is 35.4 Å². The minimum Gasteiger partial charge on any atom is -0.483 e. The van der Waals surface area contributed by atoms with Gasteiger partial charge in [0.2, 0.25) is 5.91 Å². The standard InChI is InChI=1S/C27H29BrCl2N2O3/c1-4-17(3)31-27(34)23(5-2)32(15-18-10-12-21(29)22(30)14-18)25(33)16-35-24-13-11-19-8-6-7-9-20(19)26(24)28/h6-14,17,23H,4-5,15-16H2,1-3H3,(H,31,34)/t17-,23+/m1/s1. The van der Waals surface area contributed by atoms with E-state index in [1.165, 1.54) is 0 Å². The summed E-state index contributed by atoms with van der Waals surface area (Å²) in [5, 5.41) is 5.87. The van der Waals surface area contributed by atoms with E-state index in [1.54, 1.807) is 23.1 Å². The molecule has 3 aromatic rings. The molecule has 2 atom stereocenters. The molecule has 0 saturated heterocycles. The molecule has 0 aliphatic heterocycles. The highest BCUT2D eigenvalue weighted by Crippen LogP contribution is 2.33. The van der Waals surface area contributed by atoms with Gasteiger partial charge in [-0.2, -0.15) is 0 Å². The van der Waals surface area contributed by atoms with E-state index < -0.39 is 6.04 Å². The highest BCUT2D eigenvalue weighted by molar-refractivity contribution is 9.10. The molecule has 0 bridgehead atoms. The molecule has 3 aromatic carbocycles. The molecule has 0 aliphatic carbocycles. The SMILES string of the molecule is CC[C@@H](C)NC(=O)[C@H](CC)N(Cc1ccc(Cl)c(Cl)c1)C(=O)COc1ccc2ccccc2c1Br. The minimum absolute atomic E-state index is 0.00304. The van der Waals surface area contributed by atoms with Crippen molar-refractivity contribution >= 4 is 61.7 Å². The van der Waals surface area contributed by atoms with E-state index in [0.717, 1.165) is 27.2 Å². The second-order valence-corrected chi connectivity index (χ2v) is 10.0. The molecule has 0 aromatic heterocycles. The van der Waals surface area contributed by atoms with Crippen LogP contribution in [0.5, 0.6) is 5.75 Å². The predicted octanol–water partition coefficient (Wildman–Crippen LogP) is 7.01. The molecule has 0 saturated carbocycles. The van der Waals surface area contributed by atoms with Crippen LogP contribution in [0, 0.1) is 0 Å². The zero-order valence-electron chi connectivity index (χ0n) is 20.0. The summed E-state index contributed by atoms with van der Waals surface area (Å²) in [7, 11) is 0. The number of carbonyl (C=O) groups is 2. The molecule has 1 N–H and O–H groups in total. The van der Waals surface area contributed by atoms with E-state index in [4.69, 9.17) is 27.9 Å². The summed E-state index contributed by atoms with van der Waals surface area (Å²) in [4.78, 5) is 28.1. The second-order valence-electron chi connectivity index (χ2n) is 8.40. The fourth-order valence-electron chi connectivity index (χ4n) is 3.74. The average molecular weight is 580 g/mol. The van der Waals surface area contributed by atoms with Crippen LogP contribution >= 0.6 is 39.1 Å². The fraction of sp³-hybridized carbons (Fsp3) is 0.333. The van der Waals surface area contributed by atoms with Crippen LogP contribution in [0.15, 0.2) is 59.1 Å². The minimum atomic E-state index is -0.658. The van der Waals surface area contributed by atoms with Crippen molar-refractivity contribution in [2.45, 2.75) is 52.2 Å². The third-order valence-electron chi connectivity index (χ3n) is 5.90. The molecule has 0 aliphatic rings. The maximum absolute atomic E-state index is 13.5. The van der Waals surface area contributed by atoms with Crippen molar-refractivity contribution in [3.63, 3.8) is 0 Å². The first-order chi connectivity index (χ1) is 16.7. The van der Waals surface area contributed by atoms with Gasteiger partial charge in [-0.05, 0) is 70.2 Å². The number of amides is 2. The lowest BCUT2D eigenvalue weighted by molar-refractivity contribution is -0.143. The molecule has 0 spiro atoms. The predicted molar refractivity (Wildman–Crippen MR) is 146 cm³/mol. The van der Waals surface area contributed by atoms with E-state index in [2.05, 4.69) is 21.2 Å². The Bertz CT molecular complexity index is 1200. The van der Waals surface area contributed by atoms with Crippen LogP contribution in [0.3, 0.4) is 0 Å². The van der Waals surface area contributed by atoms with Crippen LogP contribution < -0.4 is 10.1 Å². The number of fused-ring (bicyclic) bond motifs is 1. The summed E-state index contributed by atoms with van der Waals surface area (Å²) in [6.07, 6.45) is 1.25. The van der Waals surface area contributed by atoms with E-state index in [0.29, 0.717) is 22.2 Å². The third kappa shape index (κ3) is 6.90. The first-order valence-electron chi connectivity index (χ1n) is 11.6. The normalized spacial score (nSPS) is 12.7. The zero-order valence-corrected chi connectivity index (χ0v) is 23.1. The number of hydrogen-bond acceptors (Lipinski definition) is 3. The summed E-state index contributed by atoms with van der Waals surface area (Å²) in [5.74, 6) is 0.0630. The Labute approximate surface area is 224 Å². The van der Waals surface area contributed by atoms with Crippen LogP contribution in [0.25, 0.3) is 10.8 Å². The topological polar surface area (TPSA) is 58.6 Å². The lowest BCUT2D eigenvalue weighted by Gasteiger charge is -2.31. The highest BCUT2D eigenvalue weighted by atomic mass is 79.9. The average Bonchev–Trinajstić information content (AvgIpc) is 2.85. The van der Waals surface area contributed by atoms with E-state index in [1.807, 2.05) is 57.2 Å². The van der Waals surface area contributed by atoms with Crippen molar-refractivity contribution in [3.8, 4) is 5.75 Å². The van der Waals surface area contributed by atoms with Gasteiger partial charge in [0.1, 0.15) is 11.8 Å². The molecular weight excluding hydrogens is 551 g/mol. The number of ether oxygens (including phenoxy) is 1. The number of carbonyl (C=O) groups excluding carboxylic acids is 2. The largest absolute Gasteiger partial charge is 0.483 e. The zero-order chi connectivity index (χ0) is 25.5. The van der Waals surface area contributed by atoms with Gasteiger partial charge < -0.3 is 15.0 Å². The molecule has 2 amide bonds. The quantitative estimate of drug-likeness (QED) is 0.281. The summed E-state index contributed by atoms with van der Waals surface area (Å²) in [5.41, 5.74) is 0.773. The number of benzene rings is 3. The second kappa shape index (κ2) is 12.6. The van der Waals surface area contributed by atoms with Crippen molar-refractivity contribution in [2.24, 2.45) is 0 Å². The molecule has 5 nitrogen and oxygen atoms in total. The third-order valence-corrected chi connectivity index (χ3v) is 7.46. The van der Waals surface area contributed by atoms with Crippen LogP contribution in [0.4, 0.5) is 0 Å². The van der Waals surface area contributed by atoms with Gasteiger partial charge in [-0.1, -0.05) is 73.4 Å². The number of rotatable bonds is 10. The first kappa shape index (κ1) is 27.3. The lowest BCUT2D eigenvalue weighted by Crippen LogP contribution is -2.51. The number of nitrogens with zero attached hydrogens (tertiary/aromatic N) is 1. The maximum Gasteiger partial charge on any atom is 0.261 e. The number of halogens is 3. The molecule has 0 heterocycles. The smallest absolute Gasteiger partial charge is 0.261 e. The molecule has 186 valence electrons. The van der Waals surface area contributed by atoms with E-state index in [9.17, 15) is 9.59 Å². The Morgan fingerprint density at radius 1 is 1.03 bits per heavy atom. The maximum atomic E-state index is 13.5. The molecule has 0 unspecified atom stereocenters. The van der Waals surface area contributed by atoms with Gasteiger partial charge >= 0.3 is 0 Å². The van der Waals surface area contributed by atoms with Gasteiger partial charge in [-0.3, -0.25) is 9.59 Å². The Morgan fingerprint density at radius 3 is 2.46 bits per heavy atom. The summed E-state index contributed by atoms with van der Waals surface area (Å²) >= 11 is 15.9. The van der Waals surface area contributed by atoms with Gasteiger partial charge in [-0.25, -0.2) is 0 Å². The molecule has 0 radical (unpaired) electrons. The number of hydrogen-bond donors (Lipinski definition) is 1. The Morgan fingerprint density at radius 2 is 1.77 bits per heavy atom. The van der Waals surface area contributed by atoms with Crippen LogP contribution in [0.1, 0.15) is 39.2 Å². The number of nitrogens with one attached hydrogen (secondary N) is 1. The molecule has 8 heteroatoms. The van der Waals surface area contributed by atoms with Crippen molar-refractivity contribution in [1.82, 2.24) is 10.2 Å². The van der Waals surface area contributed by atoms with Crippen molar-refractivity contribution in [1.29, 1.82) is 0 Å². The van der Waals surface area contributed by atoms with Crippen LogP contribution in [-0.2, 0) is 16.1 Å². The summed E-state index contributed by atoms with van der Waals surface area (Å²) in [6, 6.07) is 16.2. The van der Waals surface area contributed by atoms with Gasteiger partial charge in [0, 0.05) is 12.6 Å². The molecular formula is C27H29BrCl2N2O3. The van der Waals surface area contributed by atoms with E-state index >= 15 is 0 Å². The monoisotopic (exact) mass is 578 g/mol. The van der Waals surface area contributed by atoms with Crippen LogP contribution in [0.2, 0.25) is 10.0 Å².